The Bertz CT molecular complexity index is 705. The molecule has 0 bridgehead atoms. The Morgan fingerprint density at radius 1 is 1.23 bits per heavy atom. The summed E-state index contributed by atoms with van der Waals surface area (Å²) >= 11 is 0. The van der Waals surface area contributed by atoms with Gasteiger partial charge in [-0.1, -0.05) is 0 Å². The molecule has 1 aliphatic heterocycles. The predicted octanol–water partition coefficient (Wildman–Crippen LogP) is 0.828. The van der Waals surface area contributed by atoms with Crippen LogP contribution in [-0.2, 0) is 6.54 Å². The summed E-state index contributed by atoms with van der Waals surface area (Å²) < 4.78 is 6.90. The van der Waals surface area contributed by atoms with Crippen LogP contribution < -0.4 is 16.0 Å². The van der Waals surface area contributed by atoms with E-state index in [1.807, 2.05) is 12.1 Å². The summed E-state index contributed by atoms with van der Waals surface area (Å²) in [6.45, 7) is 3.46. The molecular formula is C16H22N4O2. The fourth-order valence-corrected chi connectivity index (χ4v) is 2.89. The molecule has 0 atom stereocenters. The van der Waals surface area contributed by atoms with Crippen molar-refractivity contribution in [3.63, 3.8) is 0 Å². The van der Waals surface area contributed by atoms with E-state index in [4.69, 9.17) is 10.5 Å². The van der Waals surface area contributed by atoms with Gasteiger partial charge in [-0.15, -0.1) is 0 Å². The molecule has 3 heterocycles. The Balaban J connectivity index is 1.83. The van der Waals surface area contributed by atoms with Crippen LogP contribution in [0.4, 0.5) is 0 Å². The monoisotopic (exact) mass is 302 g/mol. The van der Waals surface area contributed by atoms with Crippen LogP contribution >= 0.6 is 0 Å². The number of nitrogens with two attached hydrogens (primary N) is 1. The third-order valence-electron chi connectivity index (χ3n) is 4.29. The van der Waals surface area contributed by atoms with Gasteiger partial charge in [0.25, 0.3) is 5.56 Å². The minimum Gasteiger partial charge on any atom is -0.481 e. The second-order valence-electron chi connectivity index (χ2n) is 5.77. The third kappa shape index (κ3) is 3.13. The van der Waals surface area contributed by atoms with Gasteiger partial charge >= 0.3 is 0 Å². The van der Waals surface area contributed by atoms with Crippen LogP contribution in [0.15, 0.2) is 29.1 Å². The molecule has 1 saturated heterocycles. The minimum absolute atomic E-state index is 0.0260. The first kappa shape index (κ1) is 15.0. The first-order valence-corrected chi connectivity index (χ1v) is 7.70. The molecule has 1 aliphatic rings. The number of ether oxygens (including phenoxy) is 1. The maximum atomic E-state index is 12.2. The molecule has 0 saturated carbocycles. The second kappa shape index (κ2) is 6.46. The predicted molar refractivity (Wildman–Crippen MR) is 86.2 cm³/mol. The van der Waals surface area contributed by atoms with Gasteiger partial charge in [-0.25, -0.2) is 0 Å². The van der Waals surface area contributed by atoms with Crippen molar-refractivity contribution in [2.24, 2.45) is 5.73 Å². The van der Waals surface area contributed by atoms with E-state index in [2.05, 4.69) is 9.88 Å². The fourth-order valence-electron chi connectivity index (χ4n) is 2.89. The van der Waals surface area contributed by atoms with E-state index in [-0.39, 0.29) is 5.56 Å². The maximum absolute atomic E-state index is 12.2. The van der Waals surface area contributed by atoms with E-state index >= 15 is 0 Å². The van der Waals surface area contributed by atoms with Crippen molar-refractivity contribution in [1.82, 2.24) is 14.5 Å². The van der Waals surface area contributed by atoms with E-state index in [0.717, 1.165) is 37.9 Å². The van der Waals surface area contributed by atoms with E-state index in [9.17, 15) is 4.79 Å². The van der Waals surface area contributed by atoms with E-state index in [1.165, 1.54) is 0 Å². The summed E-state index contributed by atoms with van der Waals surface area (Å²) in [6.07, 6.45) is 2.05. The van der Waals surface area contributed by atoms with Crippen LogP contribution in [0.2, 0.25) is 0 Å². The van der Waals surface area contributed by atoms with Gasteiger partial charge in [-0.3, -0.25) is 9.36 Å². The van der Waals surface area contributed by atoms with Crippen molar-refractivity contribution in [3.8, 4) is 5.88 Å². The Morgan fingerprint density at radius 3 is 2.68 bits per heavy atom. The van der Waals surface area contributed by atoms with Crippen molar-refractivity contribution < 1.29 is 4.74 Å². The zero-order valence-electron chi connectivity index (χ0n) is 12.9. The molecule has 0 aliphatic carbocycles. The first-order valence-electron chi connectivity index (χ1n) is 7.70. The number of hydrogen-bond donors (Lipinski definition) is 1. The second-order valence-corrected chi connectivity index (χ2v) is 5.77. The number of likely N-dealkylation sites (tertiary alicyclic amines) is 1. The van der Waals surface area contributed by atoms with Crippen molar-refractivity contribution in [2.75, 3.05) is 26.7 Å². The van der Waals surface area contributed by atoms with Crippen molar-refractivity contribution in [3.05, 3.63) is 34.6 Å². The normalized spacial score (nSPS) is 17.0. The molecule has 2 aromatic rings. The zero-order valence-corrected chi connectivity index (χ0v) is 12.9. The number of pyridine rings is 2. The fraction of sp³-hybridized carbons (Fsp3) is 0.500. The molecule has 2 N–H and O–H groups in total. The Morgan fingerprint density at radius 2 is 1.95 bits per heavy atom. The SMILES string of the molecule is COc1ccc2ccc(=O)n(CCN3CCC(N)CC3)c2n1. The minimum atomic E-state index is -0.0260. The first-order chi connectivity index (χ1) is 10.7. The number of rotatable bonds is 4. The number of hydrogen-bond acceptors (Lipinski definition) is 5. The Kier molecular flexibility index (Phi) is 4.40. The van der Waals surface area contributed by atoms with Crippen molar-refractivity contribution >= 4 is 11.0 Å². The molecule has 6 heteroatoms. The highest BCUT2D eigenvalue weighted by atomic mass is 16.5. The van der Waals surface area contributed by atoms with Gasteiger partial charge in [0.05, 0.1) is 7.11 Å². The summed E-state index contributed by atoms with van der Waals surface area (Å²) in [6, 6.07) is 7.46. The number of fused-ring (bicyclic) bond motifs is 1. The van der Waals surface area contributed by atoms with Crippen LogP contribution in [0, 0.1) is 0 Å². The Labute approximate surface area is 129 Å². The molecule has 2 aromatic heterocycles. The molecule has 0 radical (unpaired) electrons. The van der Waals surface area contributed by atoms with Gasteiger partial charge in [0.2, 0.25) is 5.88 Å². The number of piperidine rings is 1. The van der Waals surface area contributed by atoms with Gasteiger partial charge in [0.1, 0.15) is 5.65 Å². The molecule has 0 aromatic carbocycles. The van der Waals surface area contributed by atoms with E-state index < -0.39 is 0 Å². The van der Waals surface area contributed by atoms with E-state index in [1.54, 1.807) is 23.8 Å². The average Bonchev–Trinajstić information content (AvgIpc) is 2.55. The number of nitrogens with zero attached hydrogens (tertiary/aromatic N) is 3. The van der Waals surface area contributed by atoms with Gasteiger partial charge in [0.15, 0.2) is 0 Å². The molecule has 0 unspecified atom stereocenters. The summed E-state index contributed by atoms with van der Waals surface area (Å²) in [4.78, 5) is 19.0. The number of methoxy groups -OCH3 is 1. The highest BCUT2D eigenvalue weighted by molar-refractivity contribution is 5.75. The highest BCUT2D eigenvalue weighted by Gasteiger charge is 2.16. The highest BCUT2D eigenvalue weighted by Crippen LogP contribution is 2.15. The van der Waals surface area contributed by atoms with Crippen molar-refractivity contribution in [1.29, 1.82) is 0 Å². The molecule has 118 valence electrons. The van der Waals surface area contributed by atoms with Crippen LogP contribution in [0.3, 0.4) is 0 Å². The smallest absolute Gasteiger partial charge is 0.252 e. The third-order valence-corrected chi connectivity index (χ3v) is 4.29. The molecule has 6 nitrogen and oxygen atoms in total. The zero-order chi connectivity index (χ0) is 15.5. The van der Waals surface area contributed by atoms with Gasteiger partial charge < -0.3 is 15.4 Å². The van der Waals surface area contributed by atoms with Crippen LogP contribution in [0.1, 0.15) is 12.8 Å². The maximum Gasteiger partial charge on any atom is 0.252 e. The van der Waals surface area contributed by atoms with Crippen LogP contribution in [0.5, 0.6) is 5.88 Å². The lowest BCUT2D eigenvalue weighted by Crippen LogP contribution is -2.41. The van der Waals surface area contributed by atoms with Crippen molar-refractivity contribution in [2.45, 2.75) is 25.4 Å². The van der Waals surface area contributed by atoms with Gasteiger partial charge in [-0.05, 0) is 38.1 Å². The lowest BCUT2D eigenvalue weighted by molar-refractivity contribution is 0.206. The molecular weight excluding hydrogens is 280 g/mol. The Hall–Kier alpha value is -1.92. The van der Waals surface area contributed by atoms with E-state index in [0.29, 0.717) is 24.1 Å². The lowest BCUT2D eigenvalue weighted by atomic mass is 10.1. The molecule has 3 rings (SSSR count). The lowest BCUT2D eigenvalue weighted by Gasteiger charge is -2.30. The molecule has 1 fully saturated rings. The molecule has 0 spiro atoms. The number of aromatic nitrogens is 2. The average molecular weight is 302 g/mol. The molecule has 22 heavy (non-hydrogen) atoms. The quantitative estimate of drug-likeness (QED) is 0.905. The van der Waals surface area contributed by atoms with Crippen LogP contribution in [-0.4, -0.2) is 47.2 Å². The summed E-state index contributed by atoms with van der Waals surface area (Å²) in [5.41, 5.74) is 6.58. The topological polar surface area (TPSA) is 73.4 Å². The summed E-state index contributed by atoms with van der Waals surface area (Å²) in [5.74, 6) is 0.524. The van der Waals surface area contributed by atoms with Gasteiger partial charge in [0, 0.05) is 36.7 Å². The molecule has 0 amide bonds. The van der Waals surface area contributed by atoms with Crippen LogP contribution in [0.25, 0.3) is 11.0 Å². The summed E-state index contributed by atoms with van der Waals surface area (Å²) in [5, 5.41) is 0.945. The standard InChI is InChI=1S/C16H22N4O2/c1-22-14-4-2-12-3-5-15(21)20(16(12)18-14)11-10-19-8-6-13(17)7-9-19/h2-5,13H,6-11,17H2,1H3. The summed E-state index contributed by atoms with van der Waals surface area (Å²) in [7, 11) is 1.58. The van der Waals surface area contributed by atoms with Gasteiger partial charge in [-0.2, -0.15) is 4.98 Å². The largest absolute Gasteiger partial charge is 0.481 e.